The molecule has 0 heteroatoms. The Morgan fingerprint density at radius 2 is 2.00 bits per heavy atom. The number of allylic oxidation sites excluding steroid dienone is 2. The molecule has 0 nitrogen and oxygen atoms in total. The van der Waals surface area contributed by atoms with Crippen LogP contribution in [0.3, 0.4) is 0 Å². The smallest absolute Gasteiger partial charge is 0.0115 e. The highest BCUT2D eigenvalue weighted by molar-refractivity contribution is 5.69. The molecule has 2 aliphatic carbocycles. The van der Waals surface area contributed by atoms with Gasteiger partial charge in [0.1, 0.15) is 0 Å². The Hall–Kier alpha value is -1.30. The van der Waals surface area contributed by atoms with Crippen molar-refractivity contribution in [1.29, 1.82) is 0 Å². The first-order valence-corrected chi connectivity index (χ1v) is 6.24. The van der Waals surface area contributed by atoms with E-state index in [1.165, 1.54) is 40.8 Å². The van der Waals surface area contributed by atoms with Crippen LogP contribution < -0.4 is 10.4 Å². The van der Waals surface area contributed by atoms with Crippen molar-refractivity contribution in [2.45, 2.75) is 33.1 Å². The van der Waals surface area contributed by atoms with Crippen molar-refractivity contribution in [2.75, 3.05) is 0 Å². The minimum absolute atomic E-state index is 0.777. The summed E-state index contributed by atoms with van der Waals surface area (Å²) in [5, 5.41) is 2.97. The van der Waals surface area contributed by atoms with Gasteiger partial charge in [0, 0.05) is 0 Å². The molecule has 16 heavy (non-hydrogen) atoms. The average Bonchev–Trinajstić information content (AvgIpc) is 2.29. The Balaban J connectivity index is 2.42. The van der Waals surface area contributed by atoms with Crippen LogP contribution in [-0.2, 0) is 0 Å². The van der Waals surface area contributed by atoms with Crippen molar-refractivity contribution in [3.05, 3.63) is 45.8 Å². The molecule has 1 atom stereocenters. The summed E-state index contributed by atoms with van der Waals surface area (Å²) in [4.78, 5) is 0. The fraction of sp³-hybridized carbons (Fsp3) is 0.375. The highest BCUT2D eigenvalue weighted by Crippen LogP contribution is 2.33. The summed E-state index contributed by atoms with van der Waals surface area (Å²) >= 11 is 0. The third kappa shape index (κ3) is 1.36. The standard InChI is InChI=1S/C16H18/c1-11-5-4-8-15-14(11)10-9-13-7-3-6-12(2)16(13)15/h4-6,8,10,13H,3,7,9H2,1-2H3. The molecule has 0 aliphatic heterocycles. The Kier molecular flexibility index (Phi) is 2.24. The van der Waals surface area contributed by atoms with E-state index in [9.17, 15) is 0 Å². The van der Waals surface area contributed by atoms with Crippen molar-refractivity contribution >= 4 is 11.6 Å². The van der Waals surface area contributed by atoms with Gasteiger partial charge in [0.25, 0.3) is 0 Å². The third-order valence-electron chi connectivity index (χ3n) is 4.02. The van der Waals surface area contributed by atoms with Gasteiger partial charge >= 0.3 is 0 Å². The lowest BCUT2D eigenvalue weighted by Crippen LogP contribution is -2.35. The lowest BCUT2D eigenvalue weighted by molar-refractivity contribution is 0.611. The number of rotatable bonds is 0. The number of benzene rings is 1. The summed E-state index contributed by atoms with van der Waals surface area (Å²) in [6.07, 6.45) is 8.67. The molecular formula is C16H18. The quantitative estimate of drug-likeness (QED) is 0.617. The summed E-state index contributed by atoms with van der Waals surface area (Å²) in [6.45, 7) is 4.50. The predicted octanol–water partition coefficient (Wildman–Crippen LogP) is 2.69. The largest absolute Gasteiger partial charge is 0.0813 e. The molecule has 1 aromatic rings. The predicted molar refractivity (Wildman–Crippen MR) is 69.4 cm³/mol. The third-order valence-corrected chi connectivity index (χ3v) is 4.02. The summed E-state index contributed by atoms with van der Waals surface area (Å²) in [5.41, 5.74) is 4.55. The molecule has 0 saturated heterocycles. The zero-order valence-electron chi connectivity index (χ0n) is 10.1. The maximum Gasteiger partial charge on any atom is -0.0115 e. The minimum Gasteiger partial charge on any atom is -0.0813 e. The van der Waals surface area contributed by atoms with Crippen LogP contribution in [0.4, 0.5) is 0 Å². The molecule has 0 spiro atoms. The molecule has 0 aromatic heterocycles. The summed E-state index contributed by atoms with van der Waals surface area (Å²) in [5.74, 6) is 0.777. The maximum atomic E-state index is 2.44. The van der Waals surface area contributed by atoms with E-state index in [1.54, 1.807) is 5.57 Å². The van der Waals surface area contributed by atoms with Crippen LogP contribution >= 0.6 is 0 Å². The number of fused-ring (bicyclic) bond motifs is 2. The van der Waals surface area contributed by atoms with Crippen LogP contribution in [0.25, 0.3) is 11.6 Å². The fourth-order valence-electron chi connectivity index (χ4n) is 3.19. The van der Waals surface area contributed by atoms with Gasteiger partial charge in [-0.1, -0.05) is 35.9 Å². The van der Waals surface area contributed by atoms with E-state index in [4.69, 9.17) is 0 Å². The molecule has 1 aromatic carbocycles. The second-order valence-corrected chi connectivity index (χ2v) is 5.05. The van der Waals surface area contributed by atoms with Gasteiger partial charge in [-0.2, -0.15) is 0 Å². The zero-order valence-corrected chi connectivity index (χ0v) is 10.1. The van der Waals surface area contributed by atoms with Crippen LogP contribution in [0.1, 0.15) is 31.7 Å². The van der Waals surface area contributed by atoms with E-state index in [0.29, 0.717) is 0 Å². The average molecular weight is 210 g/mol. The highest BCUT2D eigenvalue weighted by Gasteiger charge is 2.21. The Labute approximate surface area is 97.0 Å². The van der Waals surface area contributed by atoms with E-state index in [0.717, 1.165) is 5.92 Å². The lowest BCUT2D eigenvalue weighted by atomic mass is 9.78. The van der Waals surface area contributed by atoms with E-state index in [-0.39, 0.29) is 0 Å². The summed E-state index contributed by atoms with van der Waals surface area (Å²) < 4.78 is 0. The van der Waals surface area contributed by atoms with Gasteiger partial charge in [0.2, 0.25) is 0 Å². The van der Waals surface area contributed by atoms with Crippen molar-refractivity contribution in [3.8, 4) is 0 Å². The zero-order chi connectivity index (χ0) is 11.1. The van der Waals surface area contributed by atoms with Crippen LogP contribution in [0.5, 0.6) is 0 Å². The Morgan fingerprint density at radius 1 is 1.12 bits per heavy atom. The van der Waals surface area contributed by atoms with E-state index in [1.807, 2.05) is 0 Å². The SMILES string of the molecule is CC1=CCCC2CC=c3c(C)cccc3=C12. The van der Waals surface area contributed by atoms with Crippen molar-refractivity contribution < 1.29 is 0 Å². The first-order chi connectivity index (χ1) is 7.77. The molecule has 0 amide bonds. The lowest BCUT2D eigenvalue weighted by Gasteiger charge is -2.27. The monoisotopic (exact) mass is 210 g/mol. The Morgan fingerprint density at radius 3 is 2.88 bits per heavy atom. The van der Waals surface area contributed by atoms with Gasteiger partial charge in [0.15, 0.2) is 0 Å². The van der Waals surface area contributed by atoms with Gasteiger partial charge in [-0.25, -0.2) is 0 Å². The molecular weight excluding hydrogens is 192 g/mol. The molecule has 0 N–H and O–H groups in total. The van der Waals surface area contributed by atoms with E-state index >= 15 is 0 Å². The van der Waals surface area contributed by atoms with Gasteiger partial charge < -0.3 is 0 Å². The number of hydrogen-bond donors (Lipinski definition) is 0. The number of aryl methyl sites for hydroxylation is 1. The van der Waals surface area contributed by atoms with Crippen molar-refractivity contribution in [3.63, 3.8) is 0 Å². The molecule has 0 fully saturated rings. The molecule has 82 valence electrons. The summed E-state index contributed by atoms with van der Waals surface area (Å²) in [6, 6.07) is 6.71. The Bertz CT molecular complexity index is 573. The van der Waals surface area contributed by atoms with Gasteiger partial charge in [-0.05, 0) is 60.6 Å². The molecule has 3 rings (SSSR count). The molecule has 2 aliphatic rings. The highest BCUT2D eigenvalue weighted by atomic mass is 14.3. The molecule has 1 unspecified atom stereocenters. The van der Waals surface area contributed by atoms with Crippen LogP contribution in [0, 0.1) is 12.8 Å². The normalized spacial score (nSPS) is 23.0. The van der Waals surface area contributed by atoms with Crippen LogP contribution in [-0.4, -0.2) is 0 Å². The van der Waals surface area contributed by atoms with Crippen molar-refractivity contribution in [2.24, 2.45) is 5.92 Å². The first kappa shape index (κ1) is 9.89. The molecule has 0 radical (unpaired) electrons. The van der Waals surface area contributed by atoms with E-state index < -0.39 is 0 Å². The minimum atomic E-state index is 0.777. The maximum absolute atomic E-state index is 2.44. The van der Waals surface area contributed by atoms with Crippen LogP contribution in [0.2, 0.25) is 0 Å². The van der Waals surface area contributed by atoms with Gasteiger partial charge in [-0.15, -0.1) is 0 Å². The molecule has 0 saturated carbocycles. The topological polar surface area (TPSA) is 0 Å². The molecule has 0 bridgehead atoms. The second kappa shape index (κ2) is 3.62. The molecule has 0 heterocycles. The number of hydrogen-bond acceptors (Lipinski definition) is 0. The van der Waals surface area contributed by atoms with E-state index in [2.05, 4.69) is 44.2 Å². The summed E-state index contributed by atoms with van der Waals surface area (Å²) in [7, 11) is 0. The fourth-order valence-corrected chi connectivity index (χ4v) is 3.19. The second-order valence-electron chi connectivity index (χ2n) is 5.05. The van der Waals surface area contributed by atoms with Gasteiger partial charge in [-0.3, -0.25) is 0 Å². The van der Waals surface area contributed by atoms with Crippen LogP contribution in [0.15, 0.2) is 29.8 Å². The van der Waals surface area contributed by atoms with Gasteiger partial charge in [0.05, 0.1) is 0 Å². The first-order valence-electron chi connectivity index (χ1n) is 6.24. The van der Waals surface area contributed by atoms with Crippen molar-refractivity contribution in [1.82, 2.24) is 0 Å².